The predicted octanol–water partition coefficient (Wildman–Crippen LogP) is 8.97. The molecule has 0 atom stereocenters. The predicted molar refractivity (Wildman–Crippen MR) is 237 cm³/mol. The number of hydrogen-bond acceptors (Lipinski definition) is 2. The molecule has 0 saturated heterocycles. The Morgan fingerprint density at radius 2 is 0.736 bits per heavy atom. The van der Waals surface area contributed by atoms with Gasteiger partial charge in [-0.3, -0.25) is 0 Å². The zero-order valence-corrected chi connectivity index (χ0v) is 37.3. The zero-order chi connectivity index (χ0) is 38.6. The molecule has 5 aromatic carbocycles. The van der Waals surface area contributed by atoms with Gasteiger partial charge in [0.15, 0.2) is 0 Å². The van der Waals surface area contributed by atoms with E-state index >= 15 is 13.2 Å². The number of fused-ring (bicyclic) bond motifs is 4. The van der Waals surface area contributed by atoms with Crippen LogP contribution >= 0.6 is 0 Å². The minimum absolute atomic E-state index is 0.228. The molecule has 0 fully saturated rings. The van der Waals surface area contributed by atoms with E-state index in [-0.39, 0.29) is 6.71 Å². The van der Waals surface area contributed by atoms with Crippen LogP contribution in [0.3, 0.4) is 0 Å². The van der Waals surface area contributed by atoms with Gasteiger partial charge in [0.25, 0.3) is 6.71 Å². The molecule has 7 rings (SSSR count). The van der Waals surface area contributed by atoms with Crippen molar-refractivity contribution < 1.29 is 13.2 Å². The van der Waals surface area contributed by atoms with E-state index in [2.05, 4.69) is 173 Å². The summed E-state index contributed by atoms with van der Waals surface area (Å²) in [5.41, 5.74) is 7.46. The van der Waals surface area contributed by atoms with Crippen LogP contribution in [-0.2, 0) is 6.18 Å². The minimum atomic E-state index is -4.54. The van der Waals surface area contributed by atoms with Gasteiger partial charge in [-0.25, -0.2) is 0 Å². The zero-order valence-electron chi connectivity index (χ0n) is 33.3. The van der Waals surface area contributed by atoms with Crippen molar-refractivity contribution in [2.24, 2.45) is 0 Å². The van der Waals surface area contributed by atoms with Crippen molar-refractivity contribution in [3.05, 3.63) is 103 Å². The summed E-state index contributed by atoms with van der Waals surface area (Å²) < 4.78 is 45.7. The van der Waals surface area contributed by atoms with E-state index in [4.69, 9.17) is 0 Å². The summed E-state index contributed by atoms with van der Waals surface area (Å²) in [6, 6.07) is 33.8. The maximum absolute atomic E-state index is 15.2. The molecule has 2 nitrogen and oxygen atoms in total. The number of halogens is 3. The van der Waals surface area contributed by atoms with Crippen LogP contribution in [0.5, 0.6) is 0 Å². The van der Waals surface area contributed by atoms with Crippen LogP contribution in [0.15, 0.2) is 97.1 Å². The van der Waals surface area contributed by atoms with Crippen molar-refractivity contribution in [1.82, 2.24) is 0 Å². The summed E-state index contributed by atoms with van der Waals surface area (Å²) >= 11 is 0. The summed E-state index contributed by atoms with van der Waals surface area (Å²) in [5.74, 6) is 0. The van der Waals surface area contributed by atoms with Crippen LogP contribution < -0.4 is 46.9 Å². The average molecular weight is 777 g/mol. The second-order valence-corrected chi connectivity index (χ2v) is 39.5. The van der Waals surface area contributed by atoms with Crippen LogP contribution in [0.2, 0.25) is 78.6 Å². The molecule has 5 aromatic rings. The number of rotatable bonds is 6. The van der Waals surface area contributed by atoms with Crippen molar-refractivity contribution in [2.45, 2.75) is 84.7 Å². The third-order valence-corrected chi connectivity index (χ3v) is 19.3. The Hall–Kier alpha value is -3.58. The number of nitrogens with zero attached hydrogens (tertiary/aromatic N) is 2. The molecule has 53 heavy (non-hydrogen) atoms. The van der Waals surface area contributed by atoms with Crippen LogP contribution in [0.4, 0.5) is 47.3 Å². The highest BCUT2D eigenvalue weighted by atomic mass is 28.3. The lowest BCUT2D eigenvalue weighted by Crippen LogP contribution is -2.62. The quantitative estimate of drug-likeness (QED) is 0.156. The number of benzene rings is 5. The monoisotopic (exact) mass is 776 g/mol. The van der Waals surface area contributed by atoms with Crippen molar-refractivity contribution in [1.29, 1.82) is 0 Å². The van der Waals surface area contributed by atoms with Crippen LogP contribution in [0, 0.1) is 0 Å². The summed E-state index contributed by atoms with van der Waals surface area (Å²) in [5, 5.41) is 5.20. The van der Waals surface area contributed by atoms with Crippen molar-refractivity contribution in [3.8, 4) is 0 Å². The van der Waals surface area contributed by atoms with E-state index in [0.29, 0.717) is 11.4 Å². The second-order valence-electron chi connectivity index (χ2n) is 19.2. The largest absolute Gasteiger partial charge is 0.416 e. The smallest absolute Gasteiger partial charge is 0.311 e. The molecule has 0 aliphatic carbocycles. The van der Waals surface area contributed by atoms with Crippen molar-refractivity contribution in [3.63, 3.8) is 0 Å². The molecule has 274 valence electrons. The first-order valence-electron chi connectivity index (χ1n) is 18.8. The first kappa shape index (κ1) is 37.7. The topological polar surface area (TPSA) is 6.48 Å². The number of hydrogen-bond donors (Lipinski definition) is 0. The van der Waals surface area contributed by atoms with E-state index in [0.717, 1.165) is 39.1 Å². The lowest BCUT2D eigenvalue weighted by molar-refractivity contribution is -0.137. The summed E-state index contributed by atoms with van der Waals surface area (Å²) in [7, 11) is -6.82. The molecule has 0 saturated carbocycles. The Balaban J connectivity index is 1.60. The first-order valence-corrected chi connectivity index (χ1v) is 32.8. The summed E-state index contributed by atoms with van der Waals surface area (Å²) in [4.78, 5) is 4.26. The molecule has 0 unspecified atom stereocenters. The Morgan fingerprint density at radius 1 is 0.415 bits per heavy atom. The van der Waals surface area contributed by atoms with Gasteiger partial charge in [0.1, 0.15) is 0 Å². The van der Waals surface area contributed by atoms with Gasteiger partial charge in [-0.1, -0.05) is 148 Å². The summed E-state index contributed by atoms with van der Waals surface area (Å²) in [6.07, 6.45) is -4.54. The maximum Gasteiger partial charge on any atom is 0.416 e. The van der Waals surface area contributed by atoms with Gasteiger partial charge in [-0.05, 0) is 64.9 Å². The molecule has 10 heteroatoms. The minimum Gasteiger partial charge on any atom is -0.311 e. The van der Waals surface area contributed by atoms with Gasteiger partial charge in [-0.2, -0.15) is 13.2 Å². The van der Waals surface area contributed by atoms with E-state index in [1.54, 1.807) is 0 Å². The van der Waals surface area contributed by atoms with Gasteiger partial charge >= 0.3 is 6.18 Å². The Kier molecular flexibility index (Phi) is 8.88. The highest BCUT2D eigenvalue weighted by molar-refractivity contribution is 7.01. The fourth-order valence-corrected chi connectivity index (χ4v) is 12.5. The second kappa shape index (κ2) is 12.5. The number of anilines is 6. The van der Waals surface area contributed by atoms with E-state index in [9.17, 15) is 0 Å². The Bertz CT molecular complexity index is 2080. The highest BCUT2D eigenvalue weighted by Crippen LogP contribution is 2.46. The standard InChI is InChI=1S/C43H52BF3N2Si4/c1-50(2,3)32-17-13-30(14-18-32)48-38-27-34(52(7,8)9)21-23-36(38)44-37-24-22-35(53(10,11)12)28-39(37)49(31-15-19-33(20-16-31)51(4,5)6)41-26-29(43(45,46)47)25-40(48)42(41)44/h13-28H,1-12H3. The van der Waals surface area contributed by atoms with Gasteiger partial charge in [0.2, 0.25) is 0 Å². The molecule has 0 radical (unpaired) electrons. The van der Waals surface area contributed by atoms with Crippen molar-refractivity contribution >= 4 is 110 Å². The van der Waals surface area contributed by atoms with E-state index < -0.39 is 44.0 Å². The highest BCUT2D eigenvalue weighted by Gasteiger charge is 2.46. The normalized spacial score (nSPS) is 14.6. The number of alkyl halides is 3. The molecule has 0 N–H and O–H groups in total. The maximum atomic E-state index is 15.2. The lowest BCUT2D eigenvalue weighted by Gasteiger charge is -2.45. The molecule has 0 bridgehead atoms. The average Bonchev–Trinajstić information content (AvgIpc) is 3.05. The molecular formula is C43H52BF3N2Si4. The molecular weight excluding hydrogens is 725 g/mol. The Labute approximate surface area is 319 Å². The molecule has 2 aliphatic heterocycles. The summed E-state index contributed by atoms with van der Waals surface area (Å²) in [6.45, 7) is 27.7. The molecule has 0 aromatic heterocycles. The fraction of sp³-hybridized carbons (Fsp3) is 0.302. The van der Waals surface area contributed by atoms with Gasteiger partial charge in [-0.15, -0.1) is 0 Å². The molecule has 0 amide bonds. The van der Waals surface area contributed by atoms with E-state index in [1.807, 2.05) is 0 Å². The van der Waals surface area contributed by atoms with Crippen LogP contribution in [0.25, 0.3) is 0 Å². The lowest BCUT2D eigenvalue weighted by atomic mass is 9.33. The van der Waals surface area contributed by atoms with Gasteiger partial charge < -0.3 is 9.80 Å². The third-order valence-electron chi connectivity index (χ3n) is 11.1. The van der Waals surface area contributed by atoms with Gasteiger partial charge in [0, 0.05) is 34.1 Å². The molecule has 0 spiro atoms. The first-order chi connectivity index (χ1) is 24.4. The molecule has 2 aliphatic rings. The fourth-order valence-electron chi connectivity index (χ4n) is 7.86. The van der Waals surface area contributed by atoms with Crippen LogP contribution in [-0.4, -0.2) is 39.0 Å². The van der Waals surface area contributed by atoms with E-state index in [1.165, 1.54) is 32.9 Å². The third kappa shape index (κ3) is 6.74. The van der Waals surface area contributed by atoms with Crippen molar-refractivity contribution in [2.75, 3.05) is 9.80 Å². The Morgan fingerprint density at radius 3 is 1.04 bits per heavy atom. The van der Waals surface area contributed by atoms with Crippen LogP contribution in [0.1, 0.15) is 5.56 Å². The molecule has 2 heterocycles. The SMILES string of the molecule is C[Si](C)(C)c1ccc(N2c3cc([Si](C)(C)C)ccc3B3c4ccc([Si](C)(C)C)cc4N(c4ccc([Si](C)(C)C)cc4)c4cc(C(F)(F)F)cc2c43)cc1. The van der Waals surface area contributed by atoms with Gasteiger partial charge in [0.05, 0.1) is 37.9 Å².